The SMILES string of the molecule is [C-]#[N+]c1cc(F)cc(-c2cc3c4c(ncn4C)c(NC)nc3n2CCN)c1. The van der Waals surface area contributed by atoms with Crippen molar-refractivity contribution in [2.24, 2.45) is 12.8 Å². The monoisotopic (exact) mass is 363 g/mol. The number of halogens is 1. The number of rotatable bonds is 4. The molecule has 3 aromatic heterocycles. The molecule has 3 heterocycles. The van der Waals surface area contributed by atoms with Gasteiger partial charge in [-0.05, 0) is 29.8 Å². The number of anilines is 1. The average molecular weight is 363 g/mol. The van der Waals surface area contributed by atoms with Crippen molar-refractivity contribution in [3.8, 4) is 11.3 Å². The van der Waals surface area contributed by atoms with Crippen LogP contribution in [0.4, 0.5) is 15.9 Å². The largest absolute Gasteiger partial charge is 0.371 e. The molecule has 0 atom stereocenters. The zero-order valence-electron chi connectivity index (χ0n) is 15.0. The van der Waals surface area contributed by atoms with Crippen molar-refractivity contribution in [3.05, 3.63) is 47.8 Å². The van der Waals surface area contributed by atoms with Gasteiger partial charge in [-0.2, -0.15) is 0 Å². The smallest absolute Gasteiger partial charge is 0.190 e. The van der Waals surface area contributed by atoms with Gasteiger partial charge in [-0.3, -0.25) is 0 Å². The first-order valence-electron chi connectivity index (χ1n) is 8.48. The molecule has 3 N–H and O–H groups in total. The van der Waals surface area contributed by atoms with Gasteiger partial charge in [-0.25, -0.2) is 19.2 Å². The van der Waals surface area contributed by atoms with Gasteiger partial charge in [0.15, 0.2) is 11.5 Å². The summed E-state index contributed by atoms with van der Waals surface area (Å²) in [4.78, 5) is 12.5. The molecule has 0 radical (unpaired) electrons. The van der Waals surface area contributed by atoms with E-state index in [-0.39, 0.29) is 5.69 Å². The number of nitrogens with two attached hydrogens (primary N) is 1. The van der Waals surface area contributed by atoms with Gasteiger partial charge in [0.2, 0.25) is 0 Å². The third-order valence-corrected chi connectivity index (χ3v) is 4.60. The highest BCUT2D eigenvalue weighted by molar-refractivity contribution is 6.07. The van der Waals surface area contributed by atoms with E-state index in [0.717, 1.165) is 27.8 Å². The van der Waals surface area contributed by atoms with Crippen molar-refractivity contribution in [1.82, 2.24) is 19.1 Å². The number of nitrogens with one attached hydrogen (secondary N) is 1. The van der Waals surface area contributed by atoms with E-state index in [1.54, 1.807) is 19.4 Å². The molecule has 0 fully saturated rings. The van der Waals surface area contributed by atoms with Crippen LogP contribution < -0.4 is 11.1 Å². The van der Waals surface area contributed by atoms with Crippen molar-refractivity contribution in [2.75, 3.05) is 18.9 Å². The molecule has 1 aromatic carbocycles. The molecule has 4 aromatic rings. The lowest BCUT2D eigenvalue weighted by Crippen LogP contribution is -2.11. The van der Waals surface area contributed by atoms with E-state index in [1.165, 1.54) is 12.1 Å². The van der Waals surface area contributed by atoms with Crippen molar-refractivity contribution >= 4 is 33.6 Å². The van der Waals surface area contributed by atoms with Gasteiger partial charge in [-0.15, -0.1) is 0 Å². The molecule has 136 valence electrons. The Bertz CT molecular complexity index is 1210. The fourth-order valence-corrected chi connectivity index (χ4v) is 3.47. The topological polar surface area (TPSA) is 78.0 Å². The first-order chi connectivity index (χ1) is 13.1. The molecular formula is C19H18FN7. The first kappa shape index (κ1) is 17.0. The van der Waals surface area contributed by atoms with E-state index >= 15 is 0 Å². The maximum Gasteiger partial charge on any atom is 0.190 e. The van der Waals surface area contributed by atoms with Crippen molar-refractivity contribution in [3.63, 3.8) is 0 Å². The van der Waals surface area contributed by atoms with Crippen LogP contribution in [0.5, 0.6) is 0 Å². The highest BCUT2D eigenvalue weighted by Crippen LogP contribution is 2.35. The Kier molecular flexibility index (Phi) is 4.01. The van der Waals surface area contributed by atoms with Crippen LogP contribution in [0.15, 0.2) is 30.6 Å². The maximum atomic E-state index is 14.0. The van der Waals surface area contributed by atoms with Gasteiger partial charge < -0.3 is 20.2 Å². The lowest BCUT2D eigenvalue weighted by molar-refractivity contribution is 0.628. The minimum absolute atomic E-state index is 0.254. The Morgan fingerprint density at radius 3 is 2.81 bits per heavy atom. The van der Waals surface area contributed by atoms with E-state index in [4.69, 9.17) is 17.3 Å². The molecular weight excluding hydrogens is 345 g/mol. The van der Waals surface area contributed by atoms with Gasteiger partial charge in [0.1, 0.15) is 17.0 Å². The summed E-state index contributed by atoms with van der Waals surface area (Å²) in [7, 11) is 3.72. The number of aryl methyl sites for hydroxylation is 1. The fraction of sp³-hybridized carbons (Fsp3) is 0.211. The number of pyridine rings is 1. The van der Waals surface area contributed by atoms with Crippen LogP contribution in [0.25, 0.3) is 38.2 Å². The third kappa shape index (κ3) is 2.60. The number of hydrogen-bond acceptors (Lipinski definition) is 4. The summed E-state index contributed by atoms with van der Waals surface area (Å²) >= 11 is 0. The van der Waals surface area contributed by atoms with E-state index < -0.39 is 5.82 Å². The molecule has 0 aliphatic heterocycles. The summed E-state index contributed by atoms with van der Waals surface area (Å²) in [6.45, 7) is 8.13. The zero-order valence-corrected chi connectivity index (χ0v) is 15.0. The standard InChI is InChI=1S/C19H18FN7/c1-22-13-7-11(6-12(20)8-13)15-9-14-17-16(24-10-26(17)3)18(23-2)25-19(14)27(15)5-4-21/h6-10H,4-5,21H2,2-3H3,(H,23,25). The van der Waals surface area contributed by atoms with Crippen LogP contribution in [0.1, 0.15) is 0 Å². The summed E-state index contributed by atoms with van der Waals surface area (Å²) in [5.74, 6) is 0.222. The second-order valence-electron chi connectivity index (χ2n) is 6.28. The molecule has 0 aliphatic rings. The van der Waals surface area contributed by atoms with Gasteiger partial charge in [-0.1, -0.05) is 0 Å². The predicted molar refractivity (Wildman–Crippen MR) is 104 cm³/mol. The quantitative estimate of drug-likeness (QED) is 0.546. The Labute approximate surface area is 155 Å². The molecule has 0 aliphatic carbocycles. The van der Waals surface area contributed by atoms with Crippen LogP contribution in [0.2, 0.25) is 0 Å². The second-order valence-corrected chi connectivity index (χ2v) is 6.28. The maximum absolute atomic E-state index is 14.0. The molecule has 0 spiro atoms. The van der Waals surface area contributed by atoms with E-state index in [1.807, 2.05) is 22.2 Å². The molecule has 4 rings (SSSR count). The van der Waals surface area contributed by atoms with Gasteiger partial charge in [0, 0.05) is 38.3 Å². The normalized spacial score (nSPS) is 11.2. The molecule has 0 saturated carbocycles. The number of hydrogen-bond donors (Lipinski definition) is 2. The number of nitrogens with zero attached hydrogens (tertiary/aromatic N) is 5. The molecule has 8 heteroatoms. The van der Waals surface area contributed by atoms with Crippen molar-refractivity contribution in [1.29, 1.82) is 0 Å². The minimum Gasteiger partial charge on any atom is -0.371 e. The van der Waals surface area contributed by atoms with Crippen LogP contribution in [0, 0.1) is 12.4 Å². The minimum atomic E-state index is -0.447. The van der Waals surface area contributed by atoms with Gasteiger partial charge in [0.25, 0.3) is 0 Å². The molecule has 0 amide bonds. The summed E-state index contributed by atoms with van der Waals surface area (Å²) in [6.07, 6.45) is 1.74. The van der Waals surface area contributed by atoms with Crippen LogP contribution in [-0.4, -0.2) is 32.7 Å². The van der Waals surface area contributed by atoms with Crippen molar-refractivity contribution in [2.45, 2.75) is 6.54 Å². The lowest BCUT2D eigenvalue weighted by Gasteiger charge is -2.11. The number of aromatic nitrogens is 4. The highest BCUT2D eigenvalue weighted by atomic mass is 19.1. The van der Waals surface area contributed by atoms with E-state index in [0.29, 0.717) is 24.5 Å². The molecule has 7 nitrogen and oxygen atoms in total. The second kappa shape index (κ2) is 6.37. The molecule has 0 unspecified atom stereocenters. The van der Waals surface area contributed by atoms with Crippen LogP contribution >= 0.6 is 0 Å². The average Bonchev–Trinajstić information content (AvgIpc) is 3.22. The third-order valence-electron chi connectivity index (χ3n) is 4.60. The van der Waals surface area contributed by atoms with Crippen molar-refractivity contribution < 1.29 is 4.39 Å². The Balaban J connectivity index is 2.11. The van der Waals surface area contributed by atoms with Gasteiger partial charge >= 0.3 is 0 Å². The summed E-state index contributed by atoms with van der Waals surface area (Å²) in [5, 5.41) is 3.99. The first-order valence-corrected chi connectivity index (χ1v) is 8.48. The highest BCUT2D eigenvalue weighted by Gasteiger charge is 2.19. The molecule has 0 saturated heterocycles. The van der Waals surface area contributed by atoms with E-state index in [2.05, 4.69) is 15.1 Å². The summed E-state index contributed by atoms with van der Waals surface area (Å²) < 4.78 is 17.9. The lowest BCUT2D eigenvalue weighted by atomic mass is 10.1. The summed E-state index contributed by atoms with van der Waals surface area (Å²) in [5.41, 5.74) is 9.91. The zero-order chi connectivity index (χ0) is 19.1. The number of imidazole rings is 1. The Morgan fingerprint density at radius 1 is 1.30 bits per heavy atom. The Hall–Kier alpha value is -3.44. The predicted octanol–water partition coefficient (Wildman–Crippen LogP) is 3.28. The fourth-order valence-electron chi connectivity index (χ4n) is 3.47. The van der Waals surface area contributed by atoms with Crippen LogP contribution in [-0.2, 0) is 13.6 Å². The number of fused-ring (bicyclic) bond motifs is 3. The molecule has 27 heavy (non-hydrogen) atoms. The van der Waals surface area contributed by atoms with Gasteiger partial charge in [0.05, 0.1) is 18.4 Å². The van der Waals surface area contributed by atoms with Crippen LogP contribution in [0.3, 0.4) is 0 Å². The molecule has 0 bridgehead atoms. The van der Waals surface area contributed by atoms with E-state index in [9.17, 15) is 4.39 Å². The Morgan fingerprint density at radius 2 is 2.11 bits per heavy atom. The number of benzene rings is 1. The summed E-state index contributed by atoms with van der Waals surface area (Å²) in [6, 6.07) is 6.29.